The number of fused-ring (bicyclic) bond motifs is 14. The molecule has 0 unspecified atom stereocenters. The Morgan fingerprint density at radius 3 is 1.52 bits per heavy atom. The summed E-state index contributed by atoms with van der Waals surface area (Å²) < 4.78 is 16.4. The lowest BCUT2D eigenvalue weighted by Crippen LogP contribution is -2.02. The fourth-order valence-corrected chi connectivity index (χ4v) is 11.3. The summed E-state index contributed by atoms with van der Waals surface area (Å²) in [5.74, 6) is 0. The second-order valence-corrected chi connectivity index (χ2v) is 18.1. The van der Waals surface area contributed by atoms with Gasteiger partial charge in [0.1, 0.15) is 11.2 Å². The maximum Gasteiger partial charge on any atom is 0.135 e. The number of benzene rings is 11. The van der Waals surface area contributed by atoms with Crippen LogP contribution < -0.4 is 0 Å². The van der Waals surface area contributed by atoms with Crippen LogP contribution in [0.3, 0.4) is 0 Å². The molecule has 0 aliphatic heterocycles. The summed E-state index contributed by atoms with van der Waals surface area (Å²) in [6, 6.07) is 88.5. The van der Waals surface area contributed by atoms with Crippen molar-refractivity contribution in [2.24, 2.45) is 0 Å². The third-order valence-electron chi connectivity index (χ3n) is 14.3. The van der Waals surface area contributed by atoms with Crippen molar-refractivity contribution in [1.82, 2.24) is 18.3 Å². The maximum absolute atomic E-state index is 6.69. The van der Waals surface area contributed by atoms with Crippen LogP contribution in [0.5, 0.6) is 0 Å². The first-order valence-corrected chi connectivity index (χ1v) is 23.6. The van der Waals surface area contributed by atoms with Gasteiger partial charge in [0.05, 0.1) is 33.4 Å². The molecule has 69 heavy (non-hydrogen) atoms. The second kappa shape index (κ2) is 14.6. The first-order chi connectivity index (χ1) is 34.2. The average molecular weight is 881 g/mol. The molecule has 0 aliphatic carbocycles. The van der Waals surface area contributed by atoms with Gasteiger partial charge in [-0.25, -0.2) is 0 Å². The summed E-state index contributed by atoms with van der Waals surface area (Å²) in [5, 5.41) is 11.6. The lowest BCUT2D eigenvalue weighted by Gasteiger charge is -2.17. The topological polar surface area (TPSA) is 32.9 Å². The molecule has 4 aromatic heterocycles. The molecule has 0 aliphatic rings. The van der Waals surface area contributed by atoms with E-state index in [2.05, 4.69) is 261 Å². The van der Waals surface area contributed by atoms with E-state index in [0.717, 1.165) is 94.1 Å². The number of aromatic nitrogens is 4. The van der Waals surface area contributed by atoms with Crippen LogP contribution in [0.1, 0.15) is 0 Å². The molecule has 0 radical (unpaired) electrons. The summed E-state index contributed by atoms with van der Waals surface area (Å²) in [7, 11) is 0. The van der Waals surface area contributed by atoms with Gasteiger partial charge in [-0.3, -0.25) is 0 Å². The van der Waals surface area contributed by atoms with Crippen molar-refractivity contribution in [2.75, 3.05) is 0 Å². The Morgan fingerprint density at radius 2 is 0.768 bits per heavy atom. The van der Waals surface area contributed by atoms with Crippen LogP contribution >= 0.6 is 0 Å². The van der Waals surface area contributed by atoms with Crippen molar-refractivity contribution in [1.29, 1.82) is 0 Å². The minimum Gasteiger partial charge on any atom is -0.456 e. The molecule has 5 heteroatoms. The molecule has 4 heterocycles. The third kappa shape index (κ3) is 5.65. The van der Waals surface area contributed by atoms with Gasteiger partial charge in [-0.05, 0) is 125 Å². The van der Waals surface area contributed by atoms with Crippen LogP contribution in [0.25, 0.3) is 132 Å². The lowest BCUT2D eigenvalue weighted by molar-refractivity contribution is 0.669. The smallest absolute Gasteiger partial charge is 0.135 e. The molecule has 0 spiro atoms. The van der Waals surface area contributed by atoms with E-state index in [4.69, 9.17) is 4.42 Å². The van der Waals surface area contributed by atoms with Crippen LogP contribution in [0.2, 0.25) is 0 Å². The van der Waals surface area contributed by atoms with Crippen molar-refractivity contribution in [2.45, 2.75) is 0 Å². The van der Waals surface area contributed by atoms with E-state index in [9.17, 15) is 0 Å². The van der Waals surface area contributed by atoms with Crippen LogP contribution in [-0.4, -0.2) is 18.3 Å². The predicted octanol–water partition coefficient (Wildman–Crippen LogP) is 17.1. The molecule has 322 valence electrons. The zero-order chi connectivity index (χ0) is 45.2. The number of rotatable bonds is 4. The molecule has 15 rings (SSSR count). The first kappa shape index (κ1) is 37.9. The zero-order valence-electron chi connectivity index (χ0n) is 37.3. The summed E-state index contributed by atoms with van der Waals surface area (Å²) in [5.41, 5.74) is 14.9. The van der Waals surface area contributed by atoms with E-state index in [0.29, 0.717) is 0 Å². The van der Waals surface area contributed by atoms with E-state index in [-0.39, 0.29) is 0 Å². The van der Waals surface area contributed by atoms with E-state index >= 15 is 0 Å². The SMILES string of the molecule is c1ccc(-n2c3ccccc3c3ccc(-n4c5cccc(c5)c5cccc(c5)n(-c5cccc6c7ccccc7n(-c7cccc8ccccc78)c56)c5ccc6oc7ccc4cc7c6c5)cc32)cc1. The van der Waals surface area contributed by atoms with E-state index in [1.54, 1.807) is 0 Å². The van der Waals surface area contributed by atoms with Gasteiger partial charge in [0.2, 0.25) is 0 Å². The molecule has 0 fully saturated rings. The van der Waals surface area contributed by atoms with Gasteiger partial charge in [0, 0.05) is 71.1 Å². The number of hydrogen-bond acceptors (Lipinski definition) is 1. The summed E-state index contributed by atoms with van der Waals surface area (Å²) in [6.45, 7) is 0. The number of para-hydroxylation sites is 4. The Labute approximate surface area is 395 Å². The molecular weight excluding hydrogens is 841 g/mol. The van der Waals surface area contributed by atoms with E-state index in [1.807, 2.05) is 0 Å². The van der Waals surface area contributed by atoms with Gasteiger partial charge in [0.25, 0.3) is 0 Å². The van der Waals surface area contributed by atoms with Gasteiger partial charge in [-0.1, -0.05) is 133 Å². The minimum absolute atomic E-state index is 0.845. The standard InChI is InChI=1S/C64H40N4O/c1-2-18-44(19-3-1)67-58-26-8-6-23-51(58)53-33-30-49(40-61(53)67)65-45-20-10-16-42(36-45)43-17-11-21-46(37-43)66(48-32-35-63-56(39-48)55-38-47(65)31-34-62(55)69-63)60-29-13-25-54-52-24-7-9-27-59(52)68(64(54)60)57-28-12-15-41-14-4-5-22-50(41)57/h1-40H. The number of hydrogen-bond donors (Lipinski definition) is 0. The Hall–Kier alpha value is -9.32. The molecule has 5 nitrogen and oxygen atoms in total. The summed E-state index contributed by atoms with van der Waals surface area (Å²) in [4.78, 5) is 0. The molecule has 0 atom stereocenters. The Bertz CT molecular complexity index is 4670. The average Bonchev–Trinajstić information content (AvgIpc) is 4.06. The number of furan rings is 1. The summed E-state index contributed by atoms with van der Waals surface area (Å²) in [6.07, 6.45) is 0. The van der Waals surface area contributed by atoms with E-state index in [1.165, 1.54) is 37.8 Å². The highest BCUT2D eigenvalue weighted by molar-refractivity contribution is 6.14. The van der Waals surface area contributed by atoms with Gasteiger partial charge in [0.15, 0.2) is 0 Å². The Morgan fingerprint density at radius 1 is 0.246 bits per heavy atom. The van der Waals surface area contributed by atoms with Crippen molar-refractivity contribution in [3.8, 4) is 22.7 Å². The fraction of sp³-hybridized carbons (Fsp3) is 0. The quantitative estimate of drug-likeness (QED) is 0.173. The lowest BCUT2D eigenvalue weighted by atomic mass is 10.1. The van der Waals surface area contributed by atoms with Gasteiger partial charge in [-0.15, -0.1) is 0 Å². The van der Waals surface area contributed by atoms with Crippen molar-refractivity contribution in [3.63, 3.8) is 0 Å². The molecule has 0 saturated carbocycles. The van der Waals surface area contributed by atoms with Crippen molar-refractivity contribution < 1.29 is 4.42 Å². The number of nitrogens with zero attached hydrogens (tertiary/aromatic N) is 4. The summed E-state index contributed by atoms with van der Waals surface area (Å²) >= 11 is 0. The zero-order valence-corrected chi connectivity index (χ0v) is 37.3. The minimum atomic E-state index is 0.845. The predicted molar refractivity (Wildman–Crippen MR) is 289 cm³/mol. The molecule has 11 aromatic carbocycles. The largest absolute Gasteiger partial charge is 0.456 e. The molecule has 8 bridgehead atoms. The monoisotopic (exact) mass is 880 g/mol. The molecule has 0 saturated heterocycles. The Kier molecular flexibility index (Phi) is 8.00. The van der Waals surface area contributed by atoms with Crippen molar-refractivity contribution in [3.05, 3.63) is 243 Å². The van der Waals surface area contributed by atoms with Gasteiger partial charge < -0.3 is 22.7 Å². The molecule has 0 amide bonds. The van der Waals surface area contributed by atoms with Crippen LogP contribution in [-0.2, 0) is 0 Å². The highest BCUT2D eigenvalue weighted by Crippen LogP contribution is 2.40. The molecular formula is C64H40N4O. The van der Waals surface area contributed by atoms with Crippen LogP contribution in [0.15, 0.2) is 247 Å². The molecule has 15 aromatic rings. The van der Waals surface area contributed by atoms with Crippen molar-refractivity contribution >= 4 is 109 Å². The third-order valence-corrected chi connectivity index (χ3v) is 14.3. The van der Waals surface area contributed by atoms with Crippen LogP contribution in [0.4, 0.5) is 0 Å². The highest BCUT2D eigenvalue weighted by Gasteiger charge is 2.20. The normalized spacial score (nSPS) is 12.1. The van der Waals surface area contributed by atoms with Gasteiger partial charge in [-0.2, -0.15) is 0 Å². The van der Waals surface area contributed by atoms with E-state index < -0.39 is 0 Å². The Balaban J connectivity index is 1.07. The molecule has 0 N–H and O–H groups in total. The van der Waals surface area contributed by atoms with Gasteiger partial charge >= 0.3 is 0 Å². The fourth-order valence-electron chi connectivity index (χ4n) is 11.3. The first-order valence-electron chi connectivity index (χ1n) is 23.6. The second-order valence-electron chi connectivity index (χ2n) is 18.1. The maximum atomic E-state index is 6.69. The van der Waals surface area contributed by atoms with Crippen LogP contribution in [0, 0.1) is 0 Å². The highest BCUT2D eigenvalue weighted by atomic mass is 16.3.